The summed E-state index contributed by atoms with van der Waals surface area (Å²) >= 11 is 1.46. The van der Waals surface area contributed by atoms with Crippen LogP contribution in [0.15, 0.2) is 28.8 Å². The molecule has 118 valence electrons. The molecule has 2 rings (SSSR count). The molecule has 8 heteroatoms. The third-order valence-electron chi connectivity index (χ3n) is 2.56. The molecule has 7 nitrogen and oxygen atoms in total. The predicted octanol–water partition coefficient (Wildman–Crippen LogP) is 2.14. The number of nitrogens with zero attached hydrogens (tertiary/aromatic N) is 2. The zero-order valence-electron chi connectivity index (χ0n) is 12.4. The molecule has 0 radical (unpaired) electrons. The van der Waals surface area contributed by atoms with Gasteiger partial charge in [-0.15, -0.1) is 11.8 Å². The van der Waals surface area contributed by atoms with Crippen LogP contribution in [0.2, 0.25) is 0 Å². The van der Waals surface area contributed by atoms with Crippen LogP contribution >= 0.6 is 11.8 Å². The van der Waals surface area contributed by atoms with Crippen molar-refractivity contribution in [1.29, 1.82) is 0 Å². The molecule has 1 amide bonds. The van der Waals surface area contributed by atoms with Gasteiger partial charge in [-0.1, -0.05) is 5.16 Å². The molecule has 2 aromatic rings. The topological polar surface area (TPSA) is 86.5 Å². The van der Waals surface area contributed by atoms with Crippen LogP contribution in [0.5, 0.6) is 11.5 Å². The van der Waals surface area contributed by atoms with Gasteiger partial charge in [-0.05, 0) is 31.2 Å². The highest BCUT2D eigenvalue weighted by molar-refractivity contribution is 7.99. The minimum atomic E-state index is -0.182. The van der Waals surface area contributed by atoms with Gasteiger partial charge < -0.3 is 14.0 Å². The summed E-state index contributed by atoms with van der Waals surface area (Å²) in [6.45, 7) is 2.20. The van der Waals surface area contributed by atoms with Gasteiger partial charge >= 0.3 is 6.01 Å². The van der Waals surface area contributed by atoms with E-state index in [0.29, 0.717) is 23.9 Å². The van der Waals surface area contributed by atoms with Crippen molar-refractivity contribution in [2.45, 2.75) is 6.92 Å². The Hall–Kier alpha value is -2.22. The van der Waals surface area contributed by atoms with Gasteiger partial charge in [-0.2, -0.15) is 4.98 Å². The van der Waals surface area contributed by atoms with E-state index in [2.05, 4.69) is 15.5 Å². The Bertz CT molecular complexity index is 600. The number of methoxy groups -OCH3 is 1. The zero-order chi connectivity index (χ0) is 15.8. The molecule has 1 aromatic heterocycles. The summed E-state index contributed by atoms with van der Waals surface area (Å²) in [6.07, 6.45) is 0. The van der Waals surface area contributed by atoms with E-state index in [-0.39, 0.29) is 11.9 Å². The van der Waals surface area contributed by atoms with E-state index in [0.717, 1.165) is 11.5 Å². The molecule has 1 heterocycles. The summed E-state index contributed by atoms with van der Waals surface area (Å²) in [7, 11) is 1.62. The van der Waals surface area contributed by atoms with Crippen LogP contribution < -0.4 is 14.8 Å². The average molecular weight is 323 g/mol. The number of carbonyl (C=O) groups excluding carboxylic acids is 1. The van der Waals surface area contributed by atoms with Gasteiger partial charge in [0.25, 0.3) is 0 Å². The zero-order valence-corrected chi connectivity index (χ0v) is 13.2. The van der Waals surface area contributed by atoms with E-state index < -0.39 is 0 Å². The van der Waals surface area contributed by atoms with Crippen LogP contribution in [0.25, 0.3) is 0 Å². The van der Waals surface area contributed by atoms with Crippen LogP contribution in [0.3, 0.4) is 0 Å². The Labute approximate surface area is 132 Å². The Morgan fingerprint density at radius 3 is 2.68 bits per heavy atom. The van der Waals surface area contributed by atoms with Gasteiger partial charge in [-0.25, -0.2) is 0 Å². The van der Waals surface area contributed by atoms with Crippen molar-refractivity contribution < 1.29 is 18.8 Å². The summed E-state index contributed by atoms with van der Waals surface area (Å²) in [6, 6.07) is 7.48. The quantitative estimate of drug-likeness (QED) is 0.745. The first-order chi connectivity index (χ1) is 10.7. The Kier molecular flexibility index (Phi) is 6.08. The van der Waals surface area contributed by atoms with Crippen molar-refractivity contribution in [3.05, 3.63) is 30.1 Å². The second-order valence-electron chi connectivity index (χ2n) is 4.27. The fourth-order valence-electron chi connectivity index (χ4n) is 1.56. The average Bonchev–Trinajstić information content (AvgIpc) is 2.92. The minimum Gasteiger partial charge on any atom is -0.497 e. The maximum absolute atomic E-state index is 11.6. The van der Waals surface area contributed by atoms with Crippen molar-refractivity contribution in [2.24, 2.45) is 0 Å². The van der Waals surface area contributed by atoms with E-state index in [1.54, 1.807) is 14.0 Å². The monoisotopic (exact) mass is 323 g/mol. The lowest BCUT2D eigenvalue weighted by atomic mass is 10.3. The van der Waals surface area contributed by atoms with Crippen LogP contribution in [0.4, 0.5) is 6.01 Å². The predicted molar refractivity (Wildman–Crippen MR) is 83.5 cm³/mol. The second-order valence-corrected chi connectivity index (χ2v) is 5.38. The number of carbonyl (C=O) groups is 1. The lowest BCUT2D eigenvalue weighted by molar-refractivity contribution is -0.114. The Morgan fingerprint density at radius 2 is 2.05 bits per heavy atom. The lowest BCUT2D eigenvalue weighted by Gasteiger charge is -2.06. The maximum Gasteiger partial charge on any atom is 0.328 e. The smallest absolute Gasteiger partial charge is 0.328 e. The lowest BCUT2D eigenvalue weighted by Crippen LogP contribution is -2.15. The Morgan fingerprint density at radius 1 is 1.32 bits per heavy atom. The normalized spacial score (nSPS) is 10.3. The first-order valence-corrected chi connectivity index (χ1v) is 7.77. The van der Waals surface area contributed by atoms with E-state index >= 15 is 0 Å². The largest absolute Gasteiger partial charge is 0.497 e. The summed E-state index contributed by atoms with van der Waals surface area (Å²) in [5, 5.41) is 6.12. The fourth-order valence-corrected chi connectivity index (χ4v) is 2.16. The summed E-state index contributed by atoms with van der Waals surface area (Å²) in [5.74, 6) is 2.85. The highest BCUT2D eigenvalue weighted by atomic mass is 32.2. The van der Waals surface area contributed by atoms with E-state index in [1.165, 1.54) is 11.8 Å². The standard InChI is InChI=1S/C14H17N3O4S/c1-10-15-14(21-17-10)16-13(18)9-22-8-7-20-12-5-3-11(19-2)4-6-12/h3-6H,7-9H2,1-2H3,(H,15,16,17,18). The van der Waals surface area contributed by atoms with Crippen LogP contribution in [-0.4, -0.2) is 41.3 Å². The molecule has 0 aliphatic rings. The maximum atomic E-state index is 11.6. The van der Waals surface area contributed by atoms with Gasteiger partial charge in [-0.3, -0.25) is 10.1 Å². The minimum absolute atomic E-state index is 0.123. The van der Waals surface area contributed by atoms with Gasteiger partial charge in [0.1, 0.15) is 11.5 Å². The number of ether oxygens (including phenoxy) is 2. The van der Waals surface area contributed by atoms with Gasteiger partial charge in [0.2, 0.25) is 5.91 Å². The highest BCUT2D eigenvalue weighted by Gasteiger charge is 2.07. The third kappa shape index (κ3) is 5.28. The number of anilines is 1. The third-order valence-corrected chi connectivity index (χ3v) is 3.48. The number of aryl methyl sites for hydroxylation is 1. The molecule has 0 spiro atoms. The van der Waals surface area contributed by atoms with E-state index in [1.807, 2.05) is 24.3 Å². The number of hydrogen-bond donors (Lipinski definition) is 1. The molecular formula is C14H17N3O4S. The molecule has 0 bridgehead atoms. The van der Waals surface area contributed by atoms with E-state index in [9.17, 15) is 4.79 Å². The first kappa shape index (κ1) is 16.2. The first-order valence-electron chi connectivity index (χ1n) is 6.62. The summed E-state index contributed by atoms with van der Waals surface area (Å²) in [5.41, 5.74) is 0. The van der Waals surface area contributed by atoms with Crippen LogP contribution in [-0.2, 0) is 4.79 Å². The van der Waals surface area contributed by atoms with Crippen molar-refractivity contribution in [2.75, 3.05) is 30.5 Å². The highest BCUT2D eigenvalue weighted by Crippen LogP contribution is 2.17. The number of amides is 1. The second kappa shape index (κ2) is 8.28. The number of thioether (sulfide) groups is 1. The van der Waals surface area contributed by atoms with Gasteiger partial charge in [0.15, 0.2) is 5.82 Å². The van der Waals surface area contributed by atoms with Gasteiger partial charge in [0.05, 0.1) is 19.5 Å². The number of rotatable bonds is 8. The number of nitrogens with one attached hydrogen (secondary N) is 1. The molecule has 0 fully saturated rings. The molecule has 0 saturated heterocycles. The molecule has 0 aliphatic carbocycles. The van der Waals surface area contributed by atoms with Gasteiger partial charge in [0, 0.05) is 5.75 Å². The fraction of sp³-hybridized carbons (Fsp3) is 0.357. The molecular weight excluding hydrogens is 306 g/mol. The molecule has 22 heavy (non-hydrogen) atoms. The number of benzene rings is 1. The molecule has 0 aliphatic heterocycles. The van der Waals surface area contributed by atoms with Crippen molar-refractivity contribution >= 4 is 23.7 Å². The summed E-state index contributed by atoms with van der Waals surface area (Å²) < 4.78 is 15.4. The Balaban J connectivity index is 1.59. The number of aromatic nitrogens is 2. The molecule has 1 N–H and O–H groups in total. The van der Waals surface area contributed by atoms with Crippen molar-refractivity contribution in [3.8, 4) is 11.5 Å². The summed E-state index contributed by atoms with van der Waals surface area (Å²) in [4.78, 5) is 15.5. The van der Waals surface area contributed by atoms with Crippen LogP contribution in [0.1, 0.15) is 5.82 Å². The van der Waals surface area contributed by atoms with Crippen LogP contribution in [0, 0.1) is 6.92 Å². The SMILES string of the molecule is COc1ccc(OCCSCC(=O)Nc2nc(C)no2)cc1. The van der Waals surface area contributed by atoms with Crippen molar-refractivity contribution in [3.63, 3.8) is 0 Å². The number of hydrogen-bond acceptors (Lipinski definition) is 7. The molecule has 1 aromatic carbocycles. The van der Waals surface area contributed by atoms with Crippen molar-refractivity contribution in [1.82, 2.24) is 10.1 Å². The molecule has 0 unspecified atom stereocenters. The van der Waals surface area contributed by atoms with E-state index in [4.69, 9.17) is 14.0 Å². The molecule has 0 atom stereocenters. The molecule has 0 saturated carbocycles.